The largest absolute Gasteiger partial charge is 0.306 e. The first kappa shape index (κ1) is 2.76. The maximum Gasteiger partial charge on any atom is 0.0277 e. The van der Waals surface area contributed by atoms with Gasteiger partial charge in [-0.25, -0.2) is 0 Å². The highest BCUT2D eigenvalue weighted by atomic mass is 14.6. The molecular formula is C4H6N. The van der Waals surface area contributed by atoms with Crippen LogP contribution in [0.15, 0.2) is 11.8 Å². The van der Waals surface area contributed by atoms with Gasteiger partial charge in [-0.1, -0.05) is 6.08 Å². The molecule has 0 amide bonds. The van der Waals surface area contributed by atoms with Crippen LogP contribution in [0, 0.1) is 0 Å². The van der Waals surface area contributed by atoms with Gasteiger partial charge in [0.05, 0.1) is 0 Å². The molecule has 0 atom stereocenters. The fourth-order valence-corrected chi connectivity index (χ4v) is 0.289. The molecule has 27 valence electrons. The molecule has 1 radical (unpaired) electrons. The second-order valence-corrected chi connectivity index (χ2v) is 1.27. The van der Waals surface area contributed by atoms with Crippen molar-refractivity contribution in [3.63, 3.8) is 0 Å². The van der Waals surface area contributed by atoms with Crippen LogP contribution < -0.4 is 5.73 Å². The molecular weight excluding hydrogens is 62.1 g/mol. The van der Waals surface area contributed by atoms with Gasteiger partial charge < -0.3 is 5.73 Å². The maximum atomic E-state index is 6.77. The number of allylic oxidation sites excluding steroid dienone is 2. The van der Waals surface area contributed by atoms with E-state index in [4.69, 9.17) is 5.73 Å². The monoisotopic (exact) mass is 68.1 g/mol. The summed E-state index contributed by atoms with van der Waals surface area (Å²) in [6.07, 6.45) is 4.08. The van der Waals surface area contributed by atoms with E-state index in [2.05, 4.69) is 0 Å². The van der Waals surface area contributed by atoms with E-state index in [1.165, 1.54) is 0 Å². The first-order chi connectivity index (χ1) is 2.39. The molecule has 0 heterocycles. The molecule has 0 unspecified atom stereocenters. The van der Waals surface area contributed by atoms with Gasteiger partial charge in [-0.3, -0.25) is 0 Å². The fourth-order valence-electron chi connectivity index (χ4n) is 0.289. The van der Waals surface area contributed by atoms with Crippen LogP contribution in [0.1, 0.15) is 12.8 Å². The first-order valence-electron chi connectivity index (χ1n) is 1.80. The molecule has 0 fully saturated rings. The number of nitrogens with one attached hydrogen (secondary N) is 1. The summed E-state index contributed by atoms with van der Waals surface area (Å²) in [6.45, 7) is 0. The van der Waals surface area contributed by atoms with Crippen molar-refractivity contribution in [3.8, 4) is 0 Å². The molecule has 0 bridgehead atoms. The zero-order valence-corrected chi connectivity index (χ0v) is 2.99. The normalized spacial score (nSPS) is 20.4. The van der Waals surface area contributed by atoms with E-state index in [9.17, 15) is 0 Å². The highest BCUT2D eigenvalue weighted by Gasteiger charge is 1.96. The quantitative estimate of drug-likeness (QED) is 0.403. The van der Waals surface area contributed by atoms with E-state index in [1.807, 2.05) is 6.08 Å². The molecule has 0 aromatic heterocycles. The van der Waals surface area contributed by atoms with Crippen LogP contribution in [-0.2, 0) is 0 Å². The Hall–Kier alpha value is -0.460. The summed E-state index contributed by atoms with van der Waals surface area (Å²) >= 11 is 0. The van der Waals surface area contributed by atoms with Gasteiger partial charge in [0.25, 0.3) is 0 Å². The molecule has 1 aliphatic carbocycles. The lowest BCUT2D eigenvalue weighted by Crippen LogP contribution is -1.91. The van der Waals surface area contributed by atoms with Gasteiger partial charge in [0.1, 0.15) is 0 Å². The van der Waals surface area contributed by atoms with Gasteiger partial charge in [0.2, 0.25) is 0 Å². The third-order valence-electron chi connectivity index (χ3n) is 0.804. The van der Waals surface area contributed by atoms with Gasteiger partial charge in [-0.2, -0.15) is 0 Å². The molecule has 1 heteroatoms. The highest BCUT2D eigenvalue weighted by Crippen LogP contribution is 2.11. The van der Waals surface area contributed by atoms with E-state index in [0.717, 1.165) is 18.5 Å². The van der Waals surface area contributed by atoms with Crippen molar-refractivity contribution < 1.29 is 0 Å². The molecule has 0 aromatic rings. The first-order valence-corrected chi connectivity index (χ1v) is 1.80. The van der Waals surface area contributed by atoms with Crippen LogP contribution in [0.25, 0.3) is 0 Å². The zero-order chi connectivity index (χ0) is 3.70. The van der Waals surface area contributed by atoms with Crippen molar-refractivity contribution in [3.05, 3.63) is 11.8 Å². The van der Waals surface area contributed by atoms with E-state index in [-0.39, 0.29) is 0 Å². The topological polar surface area (TPSA) is 23.8 Å². The fraction of sp³-hybridized carbons (Fsp3) is 0.500. The average molecular weight is 68.1 g/mol. The third kappa shape index (κ3) is 0.274. The molecule has 1 N–H and O–H groups in total. The van der Waals surface area contributed by atoms with E-state index in [1.54, 1.807) is 0 Å². The SMILES string of the molecule is [NH]C1=CCC1. The Balaban J connectivity index is 2.51. The van der Waals surface area contributed by atoms with E-state index < -0.39 is 0 Å². The van der Waals surface area contributed by atoms with Gasteiger partial charge >= 0.3 is 0 Å². The predicted molar refractivity (Wildman–Crippen MR) is 20.4 cm³/mol. The standard InChI is InChI=1S/C4H6N/c5-4-2-1-3-4/h2,5H,1,3H2. The smallest absolute Gasteiger partial charge is 0.0277 e. The molecule has 0 saturated carbocycles. The van der Waals surface area contributed by atoms with Gasteiger partial charge in [0.15, 0.2) is 0 Å². The van der Waals surface area contributed by atoms with Crippen LogP contribution in [0.2, 0.25) is 0 Å². The number of hydrogen-bond donors (Lipinski definition) is 0. The van der Waals surface area contributed by atoms with Gasteiger partial charge in [-0.15, -0.1) is 0 Å². The van der Waals surface area contributed by atoms with E-state index >= 15 is 0 Å². The van der Waals surface area contributed by atoms with Crippen LogP contribution in [0.4, 0.5) is 0 Å². The van der Waals surface area contributed by atoms with Crippen molar-refractivity contribution in [2.75, 3.05) is 0 Å². The zero-order valence-electron chi connectivity index (χ0n) is 2.99. The van der Waals surface area contributed by atoms with Crippen molar-refractivity contribution in [2.24, 2.45) is 0 Å². The molecule has 0 aromatic carbocycles. The van der Waals surface area contributed by atoms with Gasteiger partial charge in [-0.05, 0) is 12.8 Å². The Morgan fingerprint density at radius 3 is 2.20 bits per heavy atom. The minimum atomic E-state index is 0.810. The van der Waals surface area contributed by atoms with E-state index in [0.29, 0.717) is 0 Å². The van der Waals surface area contributed by atoms with Crippen LogP contribution in [0.3, 0.4) is 0 Å². The lowest BCUT2D eigenvalue weighted by molar-refractivity contribution is 0.845. The Labute approximate surface area is 31.5 Å². The Morgan fingerprint density at radius 2 is 2.20 bits per heavy atom. The Bertz CT molecular complexity index is 64.0. The number of hydrogen-bond acceptors (Lipinski definition) is 0. The summed E-state index contributed by atoms with van der Waals surface area (Å²) in [5, 5.41) is 0. The summed E-state index contributed by atoms with van der Waals surface area (Å²) in [5.74, 6) is 0. The summed E-state index contributed by atoms with van der Waals surface area (Å²) in [7, 11) is 0. The molecule has 1 nitrogen and oxygen atoms in total. The molecule has 0 aliphatic heterocycles. The molecule has 1 aliphatic rings. The van der Waals surface area contributed by atoms with Crippen molar-refractivity contribution >= 4 is 0 Å². The summed E-state index contributed by atoms with van der Waals surface area (Å²) in [4.78, 5) is 0. The lowest BCUT2D eigenvalue weighted by Gasteiger charge is -2.03. The lowest BCUT2D eigenvalue weighted by atomic mass is 10.1. The summed E-state index contributed by atoms with van der Waals surface area (Å²) in [6, 6.07) is 0. The van der Waals surface area contributed by atoms with Crippen LogP contribution in [0.5, 0.6) is 0 Å². The van der Waals surface area contributed by atoms with Gasteiger partial charge in [0, 0.05) is 5.70 Å². The summed E-state index contributed by atoms with van der Waals surface area (Å²) < 4.78 is 0. The minimum Gasteiger partial charge on any atom is -0.306 e. The molecule has 1 rings (SSSR count). The minimum absolute atomic E-state index is 0.810. The van der Waals surface area contributed by atoms with Crippen molar-refractivity contribution in [1.29, 1.82) is 0 Å². The molecule has 0 saturated heterocycles. The van der Waals surface area contributed by atoms with Crippen LogP contribution >= 0.6 is 0 Å². The summed E-state index contributed by atoms with van der Waals surface area (Å²) in [5.41, 5.74) is 7.58. The van der Waals surface area contributed by atoms with Crippen molar-refractivity contribution in [2.45, 2.75) is 12.8 Å². The second kappa shape index (κ2) is 0.744. The Morgan fingerprint density at radius 1 is 1.80 bits per heavy atom. The van der Waals surface area contributed by atoms with Crippen molar-refractivity contribution in [1.82, 2.24) is 5.73 Å². The third-order valence-corrected chi connectivity index (χ3v) is 0.804. The second-order valence-electron chi connectivity index (χ2n) is 1.27. The maximum absolute atomic E-state index is 6.77. The highest BCUT2D eigenvalue weighted by molar-refractivity contribution is 5.05. The molecule has 0 spiro atoms. The average Bonchev–Trinajstić information content (AvgIpc) is 1.30. The predicted octanol–water partition coefficient (Wildman–Crippen LogP) is 0.947. The van der Waals surface area contributed by atoms with Crippen LogP contribution in [-0.4, -0.2) is 0 Å². The Kier molecular flexibility index (Phi) is 0.411. The molecule has 5 heavy (non-hydrogen) atoms. The number of rotatable bonds is 0.